The largest absolute Gasteiger partial charge is 0.497 e. The molecule has 0 fully saturated rings. The van der Waals surface area contributed by atoms with Crippen LogP contribution in [0.25, 0.3) is 0 Å². The molecule has 90 valence electrons. The fourth-order valence-electron chi connectivity index (χ4n) is 1.53. The first-order chi connectivity index (χ1) is 8.33. The smallest absolute Gasteiger partial charge is 0.127 e. The van der Waals surface area contributed by atoms with Crippen molar-refractivity contribution < 1.29 is 9.47 Å². The minimum absolute atomic E-state index is 0.634. The van der Waals surface area contributed by atoms with Gasteiger partial charge in [-0.25, -0.2) is 0 Å². The van der Waals surface area contributed by atoms with E-state index in [0.29, 0.717) is 6.54 Å². The maximum absolute atomic E-state index is 5.31. The van der Waals surface area contributed by atoms with Gasteiger partial charge in [-0.1, -0.05) is 0 Å². The minimum Gasteiger partial charge on any atom is -0.497 e. The average Bonchev–Trinajstić information content (AvgIpc) is 2.89. The highest BCUT2D eigenvalue weighted by Crippen LogP contribution is 2.24. The van der Waals surface area contributed by atoms with E-state index in [2.05, 4.69) is 10.5 Å². The third-order valence-electron chi connectivity index (χ3n) is 2.43. The van der Waals surface area contributed by atoms with E-state index in [0.717, 1.165) is 17.1 Å². The molecule has 0 saturated heterocycles. The van der Waals surface area contributed by atoms with Crippen molar-refractivity contribution in [3.8, 4) is 11.5 Å². The van der Waals surface area contributed by atoms with Gasteiger partial charge in [0, 0.05) is 17.8 Å². The molecule has 0 aliphatic carbocycles. The lowest BCUT2D eigenvalue weighted by Gasteiger charge is -2.11. The number of ether oxygens (including phenoxy) is 2. The second-order valence-corrected chi connectivity index (χ2v) is 3.46. The highest BCUT2D eigenvalue weighted by atomic mass is 16.5. The van der Waals surface area contributed by atoms with Crippen LogP contribution in [0.1, 0.15) is 5.56 Å². The number of benzene rings is 1. The number of hydrogen-bond acceptors (Lipinski definition) is 4. The number of nitrogens with zero attached hydrogens (tertiary/aromatic N) is 2. The highest BCUT2D eigenvalue weighted by Gasteiger charge is 2.04. The third-order valence-corrected chi connectivity index (χ3v) is 2.43. The van der Waals surface area contributed by atoms with E-state index in [1.165, 1.54) is 0 Å². The summed E-state index contributed by atoms with van der Waals surface area (Å²) >= 11 is 0. The number of rotatable bonds is 5. The molecular weight excluding hydrogens is 218 g/mol. The first kappa shape index (κ1) is 11.3. The molecule has 0 aliphatic heterocycles. The SMILES string of the molecule is COc1ccc(CNn2cccn2)c(OC)c1. The zero-order valence-corrected chi connectivity index (χ0v) is 9.88. The Morgan fingerprint density at radius 2 is 2.18 bits per heavy atom. The standard InChI is InChI=1S/C12H15N3O2/c1-16-11-5-4-10(12(8-11)17-2)9-14-15-7-3-6-13-15/h3-8,14H,9H2,1-2H3. The molecule has 0 bridgehead atoms. The Hall–Kier alpha value is -2.17. The van der Waals surface area contributed by atoms with Crippen molar-refractivity contribution in [2.45, 2.75) is 6.54 Å². The van der Waals surface area contributed by atoms with Crippen LogP contribution >= 0.6 is 0 Å². The molecule has 1 aromatic carbocycles. The van der Waals surface area contributed by atoms with Crippen LogP contribution in [0.2, 0.25) is 0 Å². The maximum atomic E-state index is 5.31. The molecule has 5 heteroatoms. The lowest BCUT2D eigenvalue weighted by molar-refractivity contribution is 0.391. The first-order valence-electron chi connectivity index (χ1n) is 5.28. The number of methoxy groups -OCH3 is 2. The fraction of sp³-hybridized carbons (Fsp3) is 0.250. The van der Waals surface area contributed by atoms with Crippen molar-refractivity contribution in [2.75, 3.05) is 19.6 Å². The van der Waals surface area contributed by atoms with E-state index in [9.17, 15) is 0 Å². The van der Waals surface area contributed by atoms with E-state index in [1.54, 1.807) is 25.2 Å². The van der Waals surface area contributed by atoms with Crippen LogP contribution in [-0.2, 0) is 6.54 Å². The molecule has 1 N–H and O–H groups in total. The van der Waals surface area contributed by atoms with Gasteiger partial charge in [0.05, 0.1) is 27.0 Å². The zero-order chi connectivity index (χ0) is 12.1. The van der Waals surface area contributed by atoms with Crippen LogP contribution in [0.3, 0.4) is 0 Å². The van der Waals surface area contributed by atoms with E-state index in [4.69, 9.17) is 9.47 Å². The van der Waals surface area contributed by atoms with Gasteiger partial charge in [0.15, 0.2) is 0 Å². The fourth-order valence-corrected chi connectivity index (χ4v) is 1.53. The van der Waals surface area contributed by atoms with Crippen LogP contribution < -0.4 is 14.9 Å². The van der Waals surface area contributed by atoms with Crippen molar-refractivity contribution in [3.63, 3.8) is 0 Å². The molecule has 1 heterocycles. The lowest BCUT2D eigenvalue weighted by atomic mass is 10.2. The first-order valence-corrected chi connectivity index (χ1v) is 5.28. The van der Waals surface area contributed by atoms with E-state index < -0.39 is 0 Å². The molecular formula is C12H15N3O2. The quantitative estimate of drug-likeness (QED) is 0.853. The lowest BCUT2D eigenvalue weighted by Crippen LogP contribution is -2.15. The summed E-state index contributed by atoms with van der Waals surface area (Å²) < 4.78 is 10.5. The minimum atomic E-state index is 0.634. The molecule has 5 nitrogen and oxygen atoms in total. The molecule has 1 aromatic heterocycles. The Morgan fingerprint density at radius 3 is 2.82 bits per heavy atom. The van der Waals surface area contributed by atoms with Crippen LogP contribution in [0.15, 0.2) is 36.7 Å². The van der Waals surface area contributed by atoms with Crippen LogP contribution in [-0.4, -0.2) is 24.1 Å². The van der Waals surface area contributed by atoms with Crippen LogP contribution in [0.5, 0.6) is 11.5 Å². The summed E-state index contributed by atoms with van der Waals surface area (Å²) in [7, 11) is 3.28. The second-order valence-electron chi connectivity index (χ2n) is 3.46. The third kappa shape index (κ3) is 2.69. The Labute approximate surface area is 99.9 Å². The second kappa shape index (κ2) is 5.25. The Balaban J connectivity index is 2.09. The molecule has 0 unspecified atom stereocenters. The van der Waals surface area contributed by atoms with Crippen LogP contribution in [0, 0.1) is 0 Å². The van der Waals surface area contributed by atoms with Crippen molar-refractivity contribution in [1.82, 2.24) is 9.89 Å². The summed E-state index contributed by atoms with van der Waals surface area (Å²) in [5, 5.41) is 4.06. The summed E-state index contributed by atoms with van der Waals surface area (Å²) in [6, 6.07) is 7.59. The molecule has 17 heavy (non-hydrogen) atoms. The van der Waals surface area contributed by atoms with E-state index in [-0.39, 0.29) is 0 Å². The van der Waals surface area contributed by atoms with Gasteiger partial charge in [0.1, 0.15) is 11.5 Å². The Morgan fingerprint density at radius 1 is 1.29 bits per heavy atom. The van der Waals surface area contributed by atoms with Crippen molar-refractivity contribution in [3.05, 3.63) is 42.2 Å². The van der Waals surface area contributed by atoms with E-state index >= 15 is 0 Å². The van der Waals surface area contributed by atoms with Gasteiger partial charge in [0.25, 0.3) is 0 Å². The zero-order valence-electron chi connectivity index (χ0n) is 9.88. The van der Waals surface area contributed by atoms with Gasteiger partial charge in [0.2, 0.25) is 0 Å². The summed E-state index contributed by atoms with van der Waals surface area (Å²) in [4.78, 5) is 1.66. The van der Waals surface area contributed by atoms with E-state index in [1.807, 2.05) is 30.5 Å². The van der Waals surface area contributed by atoms with Gasteiger partial charge < -0.3 is 14.9 Å². The monoisotopic (exact) mass is 233 g/mol. The average molecular weight is 233 g/mol. The van der Waals surface area contributed by atoms with Gasteiger partial charge >= 0.3 is 0 Å². The van der Waals surface area contributed by atoms with Gasteiger partial charge in [-0.15, -0.1) is 0 Å². The van der Waals surface area contributed by atoms with Crippen molar-refractivity contribution >= 4 is 0 Å². The topological polar surface area (TPSA) is 48.3 Å². The number of hydrogen-bond donors (Lipinski definition) is 1. The normalized spacial score (nSPS) is 10.0. The molecule has 0 atom stereocenters. The highest BCUT2D eigenvalue weighted by molar-refractivity contribution is 5.41. The summed E-state index contributed by atoms with van der Waals surface area (Å²) in [6.45, 7) is 0.634. The molecule has 0 spiro atoms. The predicted octanol–water partition coefficient (Wildman–Crippen LogP) is 1.64. The van der Waals surface area contributed by atoms with Gasteiger partial charge in [-0.2, -0.15) is 9.89 Å². The number of nitrogens with one attached hydrogen (secondary N) is 1. The van der Waals surface area contributed by atoms with Crippen molar-refractivity contribution in [1.29, 1.82) is 0 Å². The maximum Gasteiger partial charge on any atom is 0.127 e. The predicted molar refractivity (Wildman–Crippen MR) is 64.8 cm³/mol. The molecule has 0 aliphatic rings. The Kier molecular flexibility index (Phi) is 3.49. The number of aromatic nitrogens is 2. The Bertz CT molecular complexity index is 469. The van der Waals surface area contributed by atoms with Crippen LogP contribution in [0.4, 0.5) is 0 Å². The molecule has 0 saturated carbocycles. The summed E-state index contributed by atoms with van der Waals surface area (Å²) in [5.74, 6) is 1.58. The van der Waals surface area contributed by atoms with Gasteiger partial charge in [-0.3, -0.25) is 0 Å². The van der Waals surface area contributed by atoms with Gasteiger partial charge in [-0.05, 0) is 18.2 Å². The molecule has 0 radical (unpaired) electrons. The van der Waals surface area contributed by atoms with Crippen molar-refractivity contribution in [2.24, 2.45) is 0 Å². The summed E-state index contributed by atoms with van der Waals surface area (Å²) in [5.41, 5.74) is 4.18. The summed E-state index contributed by atoms with van der Waals surface area (Å²) in [6.07, 6.45) is 3.56. The molecule has 2 aromatic rings. The molecule has 0 amide bonds. The molecule has 2 rings (SSSR count).